The number of rotatable bonds is 9. The molecule has 0 saturated carbocycles. The third-order valence-electron chi connectivity index (χ3n) is 3.74. The highest BCUT2D eigenvalue weighted by Gasteiger charge is 1.97. The van der Waals surface area contributed by atoms with E-state index in [-0.39, 0.29) is 0 Å². The van der Waals surface area contributed by atoms with E-state index in [1.54, 1.807) is 0 Å². The van der Waals surface area contributed by atoms with Gasteiger partial charge in [0.15, 0.2) is 0 Å². The molecule has 2 aromatic rings. The van der Waals surface area contributed by atoms with Crippen LogP contribution in [0.2, 0.25) is 0 Å². The Morgan fingerprint density at radius 2 is 1.38 bits per heavy atom. The summed E-state index contributed by atoms with van der Waals surface area (Å²) in [6, 6.07) is 19.4. The van der Waals surface area contributed by atoms with Crippen LogP contribution in [-0.2, 0) is 24.2 Å². The molecule has 21 heavy (non-hydrogen) atoms. The summed E-state index contributed by atoms with van der Waals surface area (Å²) in [6.07, 6.45) is 6.11. The zero-order valence-corrected chi connectivity index (χ0v) is 13.1. The molecule has 0 radical (unpaired) electrons. The molecular formula is C20H26O. The lowest BCUT2D eigenvalue weighted by Crippen LogP contribution is -1.99. The molecule has 1 nitrogen and oxygen atoms in total. The zero-order chi connectivity index (χ0) is 14.8. The molecular weight excluding hydrogens is 256 g/mol. The van der Waals surface area contributed by atoms with E-state index in [1.165, 1.54) is 42.4 Å². The van der Waals surface area contributed by atoms with Gasteiger partial charge in [0.05, 0.1) is 13.2 Å². The molecule has 0 spiro atoms. The maximum atomic E-state index is 5.73. The van der Waals surface area contributed by atoms with E-state index < -0.39 is 0 Å². The van der Waals surface area contributed by atoms with Gasteiger partial charge in [-0.05, 0) is 36.0 Å². The lowest BCUT2D eigenvalue weighted by molar-refractivity contribution is 0.124. The predicted octanol–water partition coefficient (Wildman–Crippen LogP) is 5.18. The van der Waals surface area contributed by atoms with Crippen molar-refractivity contribution in [3.63, 3.8) is 0 Å². The van der Waals surface area contributed by atoms with E-state index in [1.807, 2.05) is 6.07 Å². The summed E-state index contributed by atoms with van der Waals surface area (Å²) < 4.78 is 5.73. The Kier molecular flexibility index (Phi) is 7.03. The number of unbranched alkanes of at least 4 members (excludes halogenated alkanes) is 2. The highest BCUT2D eigenvalue weighted by atomic mass is 16.5. The van der Waals surface area contributed by atoms with Crippen molar-refractivity contribution in [2.24, 2.45) is 0 Å². The first-order chi connectivity index (χ1) is 10.4. The highest BCUT2D eigenvalue weighted by molar-refractivity contribution is 5.22. The summed E-state index contributed by atoms with van der Waals surface area (Å²) in [7, 11) is 0. The van der Waals surface area contributed by atoms with Gasteiger partial charge >= 0.3 is 0 Å². The van der Waals surface area contributed by atoms with E-state index in [2.05, 4.69) is 55.5 Å². The molecule has 0 fully saturated rings. The van der Waals surface area contributed by atoms with Crippen LogP contribution in [0.1, 0.15) is 42.9 Å². The maximum absolute atomic E-state index is 5.73. The van der Waals surface area contributed by atoms with Crippen molar-refractivity contribution in [2.75, 3.05) is 6.61 Å². The molecule has 0 N–H and O–H groups in total. The van der Waals surface area contributed by atoms with Crippen molar-refractivity contribution in [3.8, 4) is 0 Å². The standard InChI is InChI=1S/C20H26O/c1-2-3-5-8-18-11-13-19(14-12-18)15-16-21-17-20-9-6-4-7-10-20/h4,6-7,9-14H,2-3,5,8,15-17H2,1H3. The van der Waals surface area contributed by atoms with Crippen molar-refractivity contribution in [3.05, 3.63) is 71.3 Å². The zero-order valence-electron chi connectivity index (χ0n) is 13.1. The van der Waals surface area contributed by atoms with Gasteiger partial charge < -0.3 is 4.74 Å². The van der Waals surface area contributed by atoms with Crippen molar-refractivity contribution in [1.29, 1.82) is 0 Å². The fraction of sp³-hybridized carbons (Fsp3) is 0.400. The van der Waals surface area contributed by atoms with Crippen molar-refractivity contribution in [2.45, 2.75) is 45.6 Å². The molecule has 2 rings (SSSR count). The minimum Gasteiger partial charge on any atom is -0.376 e. The topological polar surface area (TPSA) is 9.23 Å². The van der Waals surface area contributed by atoms with E-state index in [0.717, 1.165) is 13.0 Å². The van der Waals surface area contributed by atoms with Crippen molar-refractivity contribution in [1.82, 2.24) is 0 Å². The van der Waals surface area contributed by atoms with Gasteiger partial charge in [-0.15, -0.1) is 0 Å². The summed E-state index contributed by atoms with van der Waals surface area (Å²) in [5.41, 5.74) is 4.06. The van der Waals surface area contributed by atoms with Crippen LogP contribution in [-0.4, -0.2) is 6.61 Å². The average molecular weight is 282 g/mol. The Labute approximate surface area is 129 Å². The van der Waals surface area contributed by atoms with Crippen LogP contribution in [0, 0.1) is 0 Å². The van der Waals surface area contributed by atoms with Gasteiger partial charge in [-0.3, -0.25) is 0 Å². The molecule has 112 valence electrons. The first kappa shape index (κ1) is 15.8. The Morgan fingerprint density at radius 3 is 2.05 bits per heavy atom. The van der Waals surface area contributed by atoms with Crippen molar-refractivity contribution >= 4 is 0 Å². The van der Waals surface area contributed by atoms with Crippen LogP contribution in [0.5, 0.6) is 0 Å². The molecule has 0 saturated heterocycles. The second kappa shape index (κ2) is 9.36. The molecule has 0 bridgehead atoms. The fourth-order valence-electron chi connectivity index (χ4n) is 2.41. The molecule has 1 heteroatoms. The van der Waals surface area contributed by atoms with Gasteiger partial charge in [-0.25, -0.2) is 0 Å². The molecule has 0 atom stereocenters. The molecule has 0 unspecified atom stereocenters. The van der Waals surface area contributed by atoms with E-state index in [0.29, 0.717) is 6.61 Å². The molecule has 0 heterocycles. The SMILES string of the molecule is CCCCCc1ccc(CCOCc2ccccc2)cc1. The second-order valence-electron chi connectivity index (χ2n) is 5.56. The summed E-state index contributed by atoms with van der Waals surface area (Å²) in [4.78, 5) is 0. The van der Waals surface area contributed by atoms with Crippen molar-refractivity contribution < 1.29 is 4.74 Å². The lowest BCUT2D eigenvalue weighted by Gasteiger charge is -2.06. The predicted molar refractivity (Wildman–Crippen MR) is 89.5 cm³/mol. The number of benzene rings is 2. The first-order valence-corrected chi connectivity index (χ1v) is 8.08. The largest absolute Gasteiger partial charge is 0.376 e. The van der Waals surface area contributed by atoms with Gasteiger partial charge in [0.1, 0.15) is 0 Å². The van der Waals surface area contributed by atoms with Crippen LogP contribution in [0.4, 0.5) is 0 Å². The molecule has 2 aromatic carbocycles. The molecule has 0 aliphatic carbocycles. The minimum absolute atomic E-state index is 0.704. The summed E-state index contributed by atoms with van der Waals surface area (Å²) in [6.45, 7) is 3.73. The Balaban J connectivity index is 1.66. The average Bonchev–Trinajstić information content (AvgIpc) is 2.54. The number of hydrogen-bond acceptors (Lipinski definition) is 1. The van der Waals surface area contributed by atoms with Gasteiger partial charge in [0.2, 0.25) is 0 Å². The minimum atomic E-state index is 0.704. The summed E-state index contributed by atoms with van der Waals surface area (Å²) >= 11 is 0. The van der Waals surface area contributed by atoms with Gasteiger partial charge in [-0.2, -0.15) is 0 Å². The number of hydrogen-bond donors (Lipinski definition) is 0. The van der Waals surface area contributed by atoms with Crippen LogP contribution < -0.4 is 0 Å². The van der Waals surface area contributed by atoms with Crippen LogP contribution in [0.25, 0.3) is 0 Å². The van der Waals surface area contributed by atoms with Gasteiger partial charge in [-0.1, -0.05) is 74.4 Å². The van der Waals surface area contributed by atoms with Gasteiger partial charge in [0.25, 0.3) is 0 Å². The third-order valence-corrected chi connectivity index (χ3v) is 3.74. The maximum Gasteiger partial charge on any atom is 0.0717 e. The first-order valence-electron chi connectivity index (χ1n) is 8.08. The molecule has 0 aliphatic heterocycles. The quantitative estimate of drug-likeness (QED) is 0.576. The van der Waals surface area contributed by atoms with Crippen LogP contribution in [0.15, 0.2) is 54.6 Å². The number of ether oxygens (including phenoxy) is 1. The Bertz CT molecular complexity index is 487. The molecule has 0 aromatic heterocycles. The monoisotopic (exact) mass is 282 g/mol. The molecule has 0 amide bonds. The Morgan fingerprint density at radius 1 is 0.714 bits per heavy atom. The lowest BCUT2D eigenvalue weighted by atomic mass is 10.0. The Hall–Kier alpha value is -1.60. The van der Waals surface area contributed by atoms with E-state index in [9.17, 15) is 0 Å². The number of aryl methyl sites for hydroxylation is 1. The van der Waals surface area contributed by atoms with Gasteiger partial charge in [0, 0.05) is 0 Å². The smallest absolute Gasteiger partial charge is 0.0717 e. The van der Waals surface area contributed by atoms with E-state index in [4.69, 9.17) is 4.74 Å². The third kappa shape index (κ3) is 6.14. The normalized spacial score (nSPS) is 10.7. The van der Waals surface area contributed by atoms with Crippen LogP contribution >= 0.6 is 0 Å². The highest BCUT2D eigenvalue weighted by Crippen LogP contribution is 2.10. The van der Waals surface area contributed by atoms with Crippen LogP contribution in [0.3, 0.4) is 0 Å². The fourth-order valence-corrected chi connectivity index (χ4v) is 2.41. The van der Waals surface area contributed by atoms with E-state index >= 15 is 0 Å². The summed E-state index contributed by atoms with van der Waals surface area (Å²) in [5, 5.41) is 0. The second-order valence-corrected chi connectivity index (χ2v) is 5.56. The molecule has 0 aliphatic rings. The summed E-state index contributed by atoms with van der Waals surface area (Å²) in [5.74, 6) is 0.